The van der Waals surface area contributed by atoms with Crippen molar-refractivity contribution in [3.8, 4) is 10.6 Å². The molecule has 0 aliphatic carbocycles. The maximum atomic E-state index is 11.4. The van der Waals surface area contributed by atoms with E-state index in [0.717, 1.165) is 21.5 Å². The van der Waals surface area contributed by atoms with Crippen LogP contribution in [0.2, 0.25) is 0 Å². The van der Waals surface area contributed by atoms with Crippen molar-refractivity contribution >= 4 is 28.2 Å². The van der Waals surface area contributed by atoms with Gasteiger partial charge in [-0.1, -0.05) is 39.0 Å². The summed E-state index contributed by atoms with van der Waals surface area (Å²) in [7, 11) is 2.06. The Hall–Kier alpha value is -2.14. The third-order valence-electron chi connectivity index (χ3n) is 4.02. The molecule has 0 saturated heterocycles. The van der Waals surface area contributed by atoms with Crippen molar-refractivity contribution in [3.63, 3.8) is 0 Å². The first kappa shape index (κ1) is 15.7. The molecule has 0 bridgehead atoms. The summed E-state index contributed by atoms with van der Waals surface area (Å²) in [6, 6.07) is 8.20. The van der Waals surface area contributed by atoms with E-state index in [4.69, 9.17) is 0 Å². The van der Waals surface area contributed by atoms with Gasteiger partial charge in [0.05, 0.1) is 5.69 Å². The van der Waals surface area contributed by atoms with E-state index in [1.807, 2.05) is 12.1 Å². The zero-order valence-corrected chi connectivity index (χ0v) is 14.8. The fraction of sp³-hybridized carbons (Fsp3) is 0.333. The molecule has 0 aliphatic heterocycles. The van der Waals surface area contributed by atoms with Gasteiger partial charge in [-0.15, -0.1) is 11.3 Å². The van der Waals surface area contributed by atoms with E-state index in [-0.39, 0.29) is 5.41 Å². The highest BCUT2D eigenvalue weighted by atomic mass is 32.1. The molecule has 0 atom stereocenters. The fourth-order valence-electron chi connectivity index (χ4n) is 3.19. The molecule has 1 aromatic carbocycles. The minimum atomic E-state index is -0.913. The number of aromatic nitrogens is 2. The zero-order valence-electron chi connectivity index (χ0n) is 14.0. The summed E-state index contributed by atoms with van der Waals surface area (Å²) in [5, 5.41) is 11.2. The van der Waals surface area contributed by atoms with Gasteiger partial charge >= 0.3 is 5.97 Å². The third kappa shape index (κ3) is 2.45. The van der Waals surface area contributed by atoms with E-state index < -0.39 is 5.97 Å². The summed E-state index contributed by atoms with van der Waals surface area (Å²) in [5.41, 5.74) is 3.86. The van der Waals surface area contributed by atoms with E-state index in [1.54, 1.807) is 6.92 Å². The summed E-state index contributed by atoms with van der Waals surface area (Å²) in [6.07, 6.45) is 0. The topological polar surface area (TPSA) is 55.1 Å². The number of carboxylic acids is 1. The monoisotopic (exact) mass is 328 g/mol. The SMILES string of the molecule is Cc1nc(-c2c(C(C)(C)C)n(C)c3ccccc23)sc1C(=O)O. The van der Waals surface area contributed by atoms with Gasteiger partial charge in [0.2, 0.25) is 0 Å². The number of carboxylic acid groups (broad SMARTS) is 1. The summed E-state index contributed by atoms with van der Waals surface area (Å²) in [6.45, 7) is 8.27. The van der Waals surface area contributed by atoms with Gasteiger partial charge in [0.1, 0.15) is 9.88 Å². The van der Waals surface area contributed by atoms with Gasteiger partial charge in [-0.25, -0.2) is 9.78 Å². The summed E-state index contributed by atoms with van der Waals surface area (Å²) < 4.78 is 2.20. The first-order valence-corrected chi connectivity index (χ1v) is 8.32. The molecule has 0 spiro atoms. The quantitative estimate of drug-likeness (QED) is 0.747. The molecule has 120 valence electrons. The number of aryl methyl sites for hydroxylation is 2. The predicted octanol–water partition coefficient (Wildman–Crippen LogP) is 4.61. The molecular weight excluding hydrogens is 308 g/mol. The molecule has 0 amide bonds. The summed E-state index contributed by atoms with van der Waals surface area (Å²) in [4.78, 5) is 16.3. The Balaban J connectivity index is 2.41. The fourth-order valence-corrected chi connectivity index (χ4v) is 4.15. The predicted molar refractivity (Wildman–Crippen MR) is 94.4 cm³/mol. The van der Waals surface area contributed by atoms with E-state index in [0.29, 0.717) is 10.6 Å². The number of thiazole rings is 1. The zero-order chi connectivity index (χ0) is 16.9. The van der Waals surface area contributed by atoms with Crippen molar-refractivity contribution < 1.29 is 9.90 Å². The second-order valence-electron chi connectivity index (χ2n) is 6.79. The van der Waals surface area contributed by atoms with Gasteiger partial charge in [-0.2, -0.15) is 0 Å². The number of aromatic carboxylic acids is 1. The van der Waals surface area contributed by atoms with E-state index in [9.17, 15) is 9.90 Å². The number of benzene rings is 1. The van der Waals surface area contributed by atoms with Crippen molar-refractivity contribution in [1.29, 1.82) is 0 Å². The highest BCUT2D eigenvalue weighted by molar-refractivity contribution is 7.17. The van der Waals surface area contributed by atoms with Gasteiger partial charge in [-0.3, -0.25) is 0 Å². The summed E-state index contributed by atoms with van der Waals surface area (Å²) >= 11 is 1.26. The number of para-hydroxylation sites is 1. The average Bonchev–Trinajstić information content (AvgIpc) is 2.97. The van der Waals surface area contributed by atoms with Crippen molar-refractivity contribution in [1.82, 2.24) is 9.55 Å². The molecule has 3 rings (SSSR count). The van der Waals surface area contributed by atoms with Crippen LogP contribution in [-0.4, -0.2) is 20.6 Å². The minimum absolute atomic E-state index is 0.0773. The van der Waals surface area contributed by atoms with Crippen LogP contribution < -0.4 is 0 Å². The lowest BCUT2D eigenvalue weighted by atomic mass is 9.88. The maximum absolute atomic E-state index is 11.4. The molecule has 0 aliphatic rings. The Labute approximate surface area is 139 Å². The molecule has 0 radical (unpaired) electrons. The van der Waals surface area contributed by atoms with Gasteiger partial charge in [0.25, 0.3) is 0 Å². The molecule has 2 heterocycles. The molecule has 1 N–H and O–H groups in total. The van der Waals surface area contributed by atoms with E-state index in [1.165, 1.54) is 17.0 Å². The van der Waals surface area contributed by atoms with Crippen LogP contribution in [0, 0.1) is 6.92 Å². The minimum Gasteiger partial charge on any atom is -0.477 e. The third-order valence-corrected chi connectivity index (χ3v) is 5.18. The lowest BCUT2D eigenvalue weighted by molar-refractivity contribution is 0.0701. The van der Waals surface area contributed by atoms with Crippen molar-refractivity contribution in [2.45, 2.75) is 33.1 Å². The molecule has 0 unspecified atom stereocenters. The number of carbonyl (C=O) groups is 1. The van der Waals surface area contributed by atoms with Crippen LogP contribution in [0.25, 0.3) is 21.5 Å². The second-order valence-corrected chi connectivity index (χ2v) is 7.79. The number of nitrogens with zero attached hydrogens (tertiary/aromatic N) is 2. The highest BCUT2D eigenvalue weighted by Gasteiger charge is 2.28. The van der Waals surface area contributed by atoms with Crippen LogP contribution in [0.1, 0.15) is 41.8 Å². The average molecular weight is 328 g/mol. The van der Waals surface area contributed by atoms with Crippen LogP contribution >= 0.6 is 11.3 Å². The standard InChI is InChI=1S/C18H20N2O2S/c1-10-14(17(21)22)23-16(19-10)13-11-8-6-7-9-12(11)20(5)15(13)18(2,3)4/h6-9H,1-5H3,(H,21,22). The largest absolute Gasteiger partial charge is 0.477 e. The smallest absolute Gasteiger partial charge is 0.347 e. The van der Waals surface area contributed by atoms with Crippen molar-refractivity contribution in [3.05, 3.63) is 40.5 Å². The molecule has 5 heteroatoms. The maximum Gasteiger partial charge on any atom is 0.347 e. The Morgan fingerprint density at radius 2 is 1.91 bits per heavy atom. The first-order chi connectivity index (χ1) is 10.7. The molecule has 3 aromatic rings. The Kier molecular flexibility index (Phi) is 3.56. The van der Waals surface area contributed by atoms with Crippen LogP contribution in [-0.2, 0) is 12.5 Å². The van der Waals surface area contributed by atoms with Gasteiger partial charge < -0.3 is 9.67 Å². The van der Waals surface area contributed by atoms with E-state index in [2.05, 4.69) is 49.5 Å². The normalized spacial score (nSPS) is 12.0. The van der Waals surface area contributed by atoms with Gasteiger partial charge in [-0.05, 0) is 13.0 Å². The lowest BCUT2D eigenvalue weighted by Crippen LogP contribution is -2.17. The number of hydrogen-bond donors (Lipinski definition) is 1. The molecule has 23 heavy (non-hydrogen) atoms. The highest BCUT2D eigenvalue weighted by Crippen LogP contribution is 2.42. The van der Waals surface area contributed by atoms with Crippen LogP contribution in [0.3, 0.4) is 0 Å². The lowest BCUT2D eigenvalue weighted by Gasteiger charge is -2.22. The Bertz CT molecular complexity index is 913. The van der Waals surface area contributed by atoms with Gasteiger partial charge in [0.15, 0.2) is 0 Å². The van der Waals surface area contributed by atoms with Gasteiger partial charge in [0, 0.05) is 34.6 Å². The molecule has 2 aromatic heterocycles. The summed E-state index contributed by atoms with van der Waals surface area (Å²) in [5.74, 6) is -0.913. The number of hydrogen-bond acceptors (Lipinski definition) is 3. The van der Waals surface area contributed by atoms with Crippen LogP contribution in [0.4, 0.5) is 0 Å². The molecular formula is C18H20N2O2S. The molecule has 0 fully saturated rings. The van der Waals surface area contributed by atoms with Crippen molar-refractivity contribution in [2.24, 2.45) is 7.05 Å². The Morgan fingerprint density at radius 3 is 2.48 bits per heavy atom. The number of fused-ring (bicyclic) bond motifs is 1. The van der Waals surface area contributed by atoms with E-state index >= 15 is 0 Å². The molecule has 0 saturated carbocycles. The van der Waals surface area contributed by atoms with Crippen LogP contribution in [0.5, 0.6) is 0 Å². The Morgan fingerprint density at radius 1 is 1.26 bits per heavy atom. The van der Waals surface area contributed by atoms with Crippen molar-refractivity contribution in [2.75, 3.05) is 0 Å². The van der Waals surface area contributed by atoms with Crippen LogP contribution in [0.15, 0.2) is 24.3 Å². The second kappa shape index (κ2) is 5.20. The molecule has 4 nitrogen and oxygen atoms in total. The first-order valence-electron chi connectivity index (χ1n) is 7.50. The number of rotatable bonds is 2.